The van der Waals surface area contributed by atoms with Crippen molar-refractivity contribution in [2.75, 3.05) is 52.4 Å². The standard InChI is InChI=1S/C21H31N3O3/c1-18-6-8-19(9-7-18)27-16-4-5-20(25)24-14-12-22(13-15-24)17-21(26)23-10-2-3-11-23/h6-9H,2-5,10-17H2,1H3. The fourth-order valence-corrected chi connectivity index (χ4v) is 3.62. The lowest BCUT2D eigenvalue weighted by molar-refractivity contribution is -0.134. The van der Waals surface area contributed by atoms with Gasteiger partial charge in [-0.15, -0.1) is 0 Å². The van der Waals surface area contributed by atoms with Crippen molar-refractivity contribution < 1.29 is 14.3 Å². The maximum absolute atomic E-state index is 12.4. The number of hydrogen-bond acceptors (Lipinski definition) is 4. The summed E-state index contributed by atoms with van der Waals surface area (Å²) in [6, 6.07) is 7.96. The van der Waals surface area contributed by atoms with Crippen molar-refractivity contribution in [3.63, 3.8) is 0 Å². The molecule has 27 heavy (non-hydrogen) atoms. The maximum Gasteiger partial charge on any atom is 0.236 e. The molecule has 0 aromatic heterocycles. The van der Waals surface area contributed by atoms with Crippen molar-refractivity contribution in [1.29, 1.82) is 0 Å². The van der Waals surface area contributed by atoms with Crippen LogP contribution in [0.5, 0.6) is 5.75 Å². The normalized spacial score (nSPS) is 18.0. The van der Waals surface area contributed by atoms with Crippen LogP contribution in [0, 0.1) is 6.92 Å². The third-order valence-corrected chi connectivity index (χ3v) is 5.37. The van der Waals surface area contributed by atoms with E-state index in [0.717, 1.165) is 51.2 Å². The number of aryl methyl sites for hydroxylation is 1. The Balaban J connectivity index is 1.30. The van der Waals surface area contributed by atoms with E-state index >= 15 is 0 Å². The molecule has 2 amide bonds. The van der Waals surface area contributed by atoms with E-state index in [0.29, 0.717) is 32.7 Å². The summed E-state index contributed by atoms with van der Waals surface area (Å²) in [7, 11) is 0. The van der Waals surface area contributed by atoms with E-state index in [1.807, 2.05) is 41.0 Å². The monoisotopic (exact) mass is 373 g/mol. The van der Waals surface area contributed by atoms with E-state index in [4.69, 9.17) is 4.74 Å². The molecular formula is C21H31N3O3. The zero-order chi connectivity index (χ0) is 19.1. The quantitative estimate of drug-likeness (QED) is 0.686. The lowest BCUT2D eigenvalue weighted by atomic mass is 10.2. The van der Waals surface area contributed by atoms with Gasteiger partial charge in [0.15, 0.2) is 0 Å². The van der Waals surface area contributed by atoms with Crippen LogP contribution in [-0.2, 0) is 9.59 Å². The lowest BCUT2D eigenvalue weighted by Gasteiger charge is -2.35. The molecule has 0 bridgehead atoms. The second kappa shape index (κ2) is 9.74. The van der Waals surface area contributed by atoms with E-state index in [1.165, 1.54) is 5.56 Å². The summed E-state index contributed by atoms with van der Waals surface area (Å²) < 4.78 is 5.69. The summed E-state index contributed by atoms with van der Waals surface area (Å²) in [5.74, 6) is 1.28. The molecule has 0 unspecified atom stereocenters. The van der Waals surface area contributed by atoms with Crippen LogP contribution in [0.2, 0.25) is 0 Å². The number of rotatable bonds is 7. The predicted molar refractivity (Wildman–Crippen MR) is 105 cm³/mol. The Kier molecular flexibility index (Phi) is 7.10. The van der Waals surface area contributed by atoms with Gasteiger partial charge in [0, 0.05) is 45.7 Å². The minimum absolute atomic E-state index is 0.188. The molecule has 1 aromatic carbocycles. The highest BCUT2D eigenvalue weighted by Gasteiger charge is 2.25. The van der Waals surface area contributed by atoms with Crippen molar-refractivity contribution in [2.45, 2.75) is 32.6 Å². The van der Waals surface area contributed by atoms with Crippen LogP contribution in [0.15, 0.2) is 24.3 Å². The number of piperazine rings is 1. The van der Waals surface area contributed by atoms with Crippen molar-refractivity contribution in [3.05, 3.63) is 29.8 Å². The zero-order valence-corrected chi connectivity index (χ0v) is 16.4. The average Bonchev–Trinajstić information content (AvgIpc) is 3.22. The number of amides is 2. The van der Waals surface area contributed by atoms with E-state index in [1.54, 1.807) is 0 Å². The average molecular weight is 373 g/mol. The third kappa shape index (κ3) is 5.96. The molecule has 1 aromatic rings. The van der Waals surface area contributed by atoms with Crippen LogP contribution in [0.25, 0.3) is 0 Å². The van der Waals surface area contributed by atoms with Crippen LogP contribution in [0.1, 0.15) is 31.2 Å². The Morgan fingerprint density at radius 1 is 0.889 bits per heavy atom. The fraction of sp³-hybridized carbons (Fsp3) is 0.619. The molecule has 0 atom stereocenters. The van der Waals surface area contributed by atoms with Gasteiger partial charge in [0.25, 0.3) is 0 Å². The van der Waals surface area contributed by atoms with E-state index < -0.39 is 0 Å². The molecule has 2 saturated heterocycles. The largest absolute Gasteiger partial charge is 0.494 e. The molecule has 2 fully saturated rings. The second-order valence-corrected chi connectivity index (χ2v) is 7.51. The molecule has 148 valence electrons. The summed E-state index contributed by atoms with van der Waals surface area (Å²) in [5.41, 5.74) is 1.21. The van der Waals surface area contributed by atoms with E-state index in [-0.39, 0.29) is 11.8 Å². The van der Waals surface area contributed by atoms with Crippen molar-refractivity contribution >= 4 is 11.8 Å². The summed E-state index contributed by atoms with van der Waals surface area (Å²) in [6.07, 6.45) is 3.49. The molecule has 0 spiro atoms. The third-order valence-electron chi connectivity index (χ3n) is 5.37. The molecule has 3 rings (SSSR count). The number of ether oxygens (including phenoxy) is 1. The van der Waals surface area contributed by atoms with Gasteiger partial charge in [0.2, 0.25) is 11.8 Å². The molecule has 0 saturated carbocycles. The van der Waals surface area contributed by atoms with E-state index in [2.05, 4.69) is 4.90 Å². The maximum atomic E-state index is 12.4. The van der Waals surface area contributed by atoms with Crippen LogP contribution in [0.3, 0.4) is 0 Å². The van der Waals surface area contributed by atoms with Crippen molar-refractivity contribution in [3.8, 4) is 5.75 Å². The van der Waals surface area contributed by atoms with Crippen LogP contribution in [-0.4, -0.2) is 78.9 Å². The molecule has 0 aliphatic carbocycles. The first-order valence-corrected chi connectivity index (χ1v) is 10.1. The smallest absolute Gasteiger partial charge is 0.236 e. The number of likely N-dealkylation sites (tertiary alicyclic amines) is 1. The highest BCUT2D eigenvalue weighted by molar-refractivity contribution is 5.78. The predicted octanol–water partition coefficient (Wildman–Crippen LogP) is 1.92. The number of benzene rings is 1. The van der Waals surface area contributed by atoms with Crippen LogP contribution in [0.4, 0.5) is 0 Å². The number of hydrogen-bond donors (Lipinski definition) is 0. The summed E-state index contributed by atoms with van der Waals surface area (Å²) in [4.78, 5) is 30.7. The molecular weight excluding hydrogens is 342 g/mol. The summed E-state index contributed by atoms with van der Waals surface area (Å²) in [5, 5.41) is 0. The molecule has 6 heteroatoms. The van der Waals surface area contributed by atoms with Gasteiger partial charge < -0.3 is 14.5 Å². The molecule has 0 radical (unpaired) electrons. The minimum atomic E-state index is 0.188. The molecule has 6 nitrogen and oxygen atoms in total. The first-order chi connectivity index (χ1) is 13.1. The number of nitrogens with zero attached hydrogens (tertiary/aromatic N) is 3. The topological polar surface area (TPSA) is 53.1 Å². The number of carbonyl (C=O) groups is 2. The Morgan fingerprint density at radius 3 is 2.19 bits per heavy atom. The van der Waals surface area contributed by atoms with Gasteiger partial charge >= 0.3 is 0 Å². The van der Waals surface area contributed by atoms with Gasteiger partial charge in [-0.3, -0.25) is 14.5 Å². The van der Waals surface area contributed by atoms with Gasteiger partial charge in [-0.05, 0) is 38.3 Å². The summed E-state index contributed by atoms with van der Waals surface area (Å²) >= 11 is 0. The second-order valence-electron chi connectivity index (χ2n) is 7.51. The molecule has 2 aliphatic rings. The van der Waals surface area contributed by atoms with Crippen molar-refractivity contribution in [2.24, 2.45) is 0 Å². The SMILES string of the molecule is Cc1ccc(OCCCC(=O)N2CCN(CC(=O)N3CCCC3)CC2)cc1. The Bertz CT molecular complexity index is 618. The van der Waals surface area contributed by atoms with Gasteiger partial charge in [0.1, 0.15) is 5.75 Å². The summed E-state index contributed by atoms with van der Waals surface area (Å²) in [6.45, 7) is 7.89. The van der Waals surface area contributed by atoms with Gasteiger partial charge in [-0.2, -0.15) is 0 Å². The first kappa shape index (κ1) is 19.7. The highest BCUT2D eigenvalue weighted by atomic mass is 16.5. The van der Waals surface area contributed by atoms with E-state index in [9.17, 15) is 9.59 Å². The molecule has 2 aliphatic heterocycles. The van der Waals surface area contributed by atoms with Crippen molar-refractivity contribution in [1.82, 2.24) is 14.7 Å². The number of carbonyl (C=O) groups excluding carboxylic acids is 2. The Morgan fingerprint density at radius 2 is 1.52 bits per heavy atom. The molecule has 0 N–H and O–H groups in total. The van der Waals surface area contributed by atoms with Crippen LogP contribution < -0.4 is 4.74 Å². The first-order valence-electron chi connectivity index (χ1n) is 10.1. The Labute approximate surface area is 162 Å². The highest BCUT2D eigenvalue weighted by Crippen LogP contribution is 2.13. The van der Waals surface area contributed by atoms with Gasteiger partial charge in [-0.1, -0.05) is 17.7 Å². The zero-order valence-electron chi connectivity index (χ0n) is 16.4. The lowest BCUT2D eigenvalue weighted by Crippen LogP contribution is -2.51. The molecule has 2 heterocycles. The van der Waals surface area contributed by atoms with Gasteiger partial charge in [0.05, 0.1) is 13.2 Å². The Hall–Kier alpha value is -2.08. The van der Waals surface area contributed by atoms with Gasteiger partial charge in [-0.25, -0.2) is 0 Å². The fourth-order valence-electron chi connectivity index (χ4n) is 3.62. The van der Waals surface area contributed by atoms with Crippen LogP contribution >= 0.6 is 0 Å². The minimum Gasteiger partial charge on any atom is -0.494 e.